The number of benzene rings is 2. The van der Waals surface area contributed by atoms with Gasteiger partial charge in [0.15, 0.2) is 0 Å². The second kappa shape index (κ2) is 5.89. The van der Waals surface area contributed by atoms with Crippen molar-refractivity contribution in [2.45, 2.75) is 6.54 Å². The molecule has 0 aromatic heterocycles. The van der Waals surface area contributed by atoms with Crippen LogP contribution in [0, 0.1) is 0 Å². The second-order valence-corrected chi connectivity index (χ2v) is 4.50. The van der Waals surface area contributed by atoms with Gasteiger partial charge in [-0.3, -0.25) is 4.90 Å². The standard InChI is InChI=1S/C15H17NS/c1-16(12-17)11-13-7-9-15(10-8-13)14-5-3-2-4-6-14/h2-10,17H,11-12H2,1H3. The maximum absolute atomic E-state index is 4.25. The third-order valence-corrected chi connectivity index (χ3v) is 3.24. The van der Waals surface area contributed by atoms with Crippen LogP contribution in [0.15, 0.2) is 54.6 Å². The highest BCUT2D eigenvalue weighted by Gasteiger charge is 1.99. The monoisotopic (exact) mass is 243 g/mol. The Labute approximate surface area is 108 Å². The molecule has 0 radical (unpaired) electrons. The molecule has 2 heteroatoms. The van der Waals surface area contributed by atoms with Crippen LogP contribution in [0.3, 0.4) is 0 Å². The minimum absolute atomic E-state index is 0.778. The highest BCUT2D eigenvalue weighted by Crippen LogP contribution is 2.19. The molecule has 0 heterocycles. The topological polar surface area (TPSA) is 3.24 Å². The van der Waals surface area contributed by atoms with E-state index in [9.17, 15) is 0 Å². The summed E-state index contributed by atoms with van der Waals surface area (Å²) in [6, 6.07) is 19.2. The summed E-state index contributed by atoms with van der Waals surface area (Å²) in [5.74, 6) is 0.778. The lowest BCUT2D eigenvalue weighted by Crippen LogP contribution is -2.15. The first-order chi connectivity index (χ1) is 8.29. The van der Waals surface area contributed by atoms with E-state index in [0.717, 1.165) is 12.4 Å². The van der Waals surface area contributed by atoms with E-state index in [2.05, 4.69) is 73.1 Å². The zero-order valence-corrected chi connectivity index (χ0v) is 10.9. The summed E-state index contributed by atoms with van der Waals surface area (Å²) in [6.45, 7) is 0.943. The first-order valence-corrected chi connectivity index (χ1v) is 6.36. The molecule has 0 atom stereocenters. The summed E-state index contributed by atoms with van der Waals surface area (Å²) in [4.78, 5) is 2.17. The number of thiol groups is 1. The number of rotatable bonds is 4. The summed E-state index contributed by atoms with van der Waals surface area (Å²) in [6.07, 6.45) is 0. The predicted octanol–water partition coefficient (Wildman–Crippen LogP) is 3.67. The van der Waals surface area contributed by atoms with Crippen molar-refractivity contribution in [1.82, 2.24) is 4.90 Å². The van der Waals surface area contributed by atoms with Gasteiger partial charge in [0.1, 0.15) is 0 Å². The van der Waals surface area contributed by atoms with E-state index in [4.69, 9.17) is 0 Å². The molecule has 0 saturated heterocycles. The maximum atomic E-state index is 4.25. The molecule has 88 valence electrons. The van der Waals surface area contributed by atoms with Gasteiger partial charge in [-0.2, -0.15) is 12.6 Å². The molecule has 0 spiro atoms. The van der Waals surface area contributed by atoms with Crippen molar-refractivity contribution in [2.75, 3.05) is 12.9 Å². The molecule has 0 bridgehead atoms. The Morgan fingerprint density at radius 1 is 0.882 bits per heavy atom. The van der Waals surface area contributed by atoms with Gasteiger partial charge >= 0.3 is 0 Å². The summed E-state index contributed by atoms with van der Waals surface area (Å²) in [7, 11) is 2.07. The Kier molecular flexibility index (Phi) is 4.24. The van der Waals surface area contributed by atoms with E-state index in [0.29, 0.717) is 0 Å². The lowest BCUT2D eigenvalue weighted by molar-refractivity contribution is 0.387. The van der Waals surface area contributed by atoms with Crippen molar-refractivity contribution < 1.29 is 0 Å². The molecule has 0 unspecified atom stereocenters. The largest absolute Gasteiger partial charge is 0.293 e. The van der Waals surface area contributed by atoms with Gasteiger partial charge < -0.3 is 0 Å². The van der Waals surface area contributed by atoms with Crippen LogP contribution >= 0.6 is 12.6 Å². The Morgan fingerprint density at radius 2 is 1.47 bits per heavy atom. The first kappa shape index (κ1) is 12.2. The molecule has 0 saturated carbocycles. The van der Waals surface area contributed by atoms with Gasteiger partial charge in [-0.25, -0.2) is 0 Å². The van der Waals surface area contributed by atoms with Gasteiger partial charge in [-0.15, -0.1) is 0 Å². The van der Waals surface area contributed by atoms with Gasteiger partial charge in [0.05, 0.1) is 0 Å². The van der Waals surface area contributed by atoms with Gasteiger partial charge in [0, 0.05) is 12.4 Å². The zero-order chi connectivity index (χ0) is 12.1. The molecule has 0 N–H and O–H groups in total. The van der Waals surface area contributed by atoms with Crippen LogP contribution in [-0.4, -0.2) is 17.8 Å². The van der Waals surface area contributed by atoms with Crippen LogP contribution in [0.4, 0.5) is 0 Å². The molecule has 0 aliphatic carbocycles. The molecule has 2 aromatic carbocycles. The third kappa shape index (κ3) is 3.35. The SMILES string of the molecule is CN(CS)Cc1ccc(-c2ccccc2)cc1. The average molecular weight is 243 g/mol. The number of hydrogen-bond donors (Lipinski definition) is 1. The van der Waals surface area contributed by atoms with E-state index in [1.165, 1.54) is 16.7 Å². The van der Waals surface area contributed by atoms with E-state index in [1.807, 2.05) is 6.07 Å². The molecule has 0 aliphatic heterocycles. The van der Waals surface area contributed by atoms with Crippen molar-refractivity contribution in [3.8, 4) is 11.1 Å². The van der Waals surface area contributed by atoms with E-state index in [-0.39, 0.29) is 0 Å². The van der Waals surface area contributed by atoms with Crippen LogP contribution in [0.25, 0.3) is 11.1 Å². The minimum atomic E-state index is 0.778. The second-order valence-electron chi connectivity index (χ2n) is 4.22. The molecule has 0 fully saturated rings. The molecule has 0 amide bonds. The minimum Gasteiger partial charge on any atom is -0.293 e. The Bertz CT molecular complexity index is 450. The van der Waals surface area contributed by atoms with Crippen molar-refractivity contribution >= 4 is 12.6 Å². The molecular formula is C15H17NS. The van der Waals surface area contributed by atoms with Gasteiger partial charge in [0.2, 0.25) is 0 Å². The zero-order valence-electron chi connectivity index (χ0n) is 10.0. The summed E-state index contributed by atoms with van der Waals surface area (Å²) in [5, 5.41) is 0. The molecule has 2 aromatic rings. The van der Waals surface area contributed by atoms with E-state index >= 15 is 0 Å². The van der Waals surface area contributed by atoms with E-state index in [1.54, 1.807) is 0 Å². The van der Waals surface area contributed by atoms with Gasteiger partial charge in [0.25, 0.3) is 0 Å². The Morgan fingerprint density at radius 3 is 2.06 bits per heavy atom. The summed E-state index contributed by atoms with van der Waals surface area (Å²) >= 11 is 4.25. The molecule has 0 aliphatic rings. The smallest absolute Gasteiger partial charge is 0.0414 e. The summed E-state index contributed by atoms with van der Waals surface area (Å²) in [5.41, 5.74) is 3.85. The third-order valence-electron chi connectivity index (χ3n) is 2.75. The van der Waals surface area contributed by atoms with Crippen LogP contribution in [0.2, 0.25) is 0 Å². The van der Waals surface area contributed by atoms with Crippen molar-refractivity contribution in [1.29, 1.82) is 0 Å². The van der Waals surface area contributed by atoms with Crippen LogP contribution in [0.1, 0.15) is 5.56 Å². The van der Waals surface area contributed by atoms with Gasteiger partial charge in [-0.1, -0.05) is 54.6 Å². The fourth-order valence-corrected chi connectivity index (χ4v) is 1.89. The van der Waals surface area contributed by atoms with Crippen molar-refractivity contribution in [3.63, 3.8) is 0 Å². The van der Waals surface area contributed by atoms with Crippen molar-refractivity contribution in [2.24, 2.45) is 0 Å². The van der Waals surface area contributed by atoms with Crippen LogP contribution in [-0.2, 0) is 6.54 Å². The highest BCUT2D eigenvalue weighted by atomic mass is 32.1. The fourth-order valence-electron chi connectivity index (χ4n) is 1.79. The maximum Gasteiger partial charge on any atom is 0.0414 e. The lowest BCUT2D eigenvalue weighted by atomic mass is 10.0. The summed E-state index contributed by atoms with van der Waals surface area (Å²) < 4.78 is 0. The average Bonchev–Trinajstić information content (AvgIpc) is 2.40. The molecule has 17 heavy (non-hydrogen) atoms. The quantitative estimate of drug-likeness (QED) is 0.633. The fraction of sp³-hybridized carbons (Fsp3) is 0.200. The number of nitrogens with zero attached hydrogens (tertiary/aromatic N) is 1. The Balaban J connectivity index is 2.13. The molecule has 2 rings (SSSR count). The van der Waals surface area contributed by atoms with Gasteiger partial charge in [-0.05, 0) is 23.7 Å². The Hall–Kier alpha value is -1.25. The van der Waals surface area contributed by atoms with Crippen molar-refractivity contribution in [3.05, 3.63) is 60.2 Å². The van der Waals surface area contributed by atoms with Crippen LogP contribution < -0.4 is 0 Å². The molecule has 1 nitrogen and oxygen atoms in total. The molecular weight excluding hydrogens is 226 g/mol. The van der Waals surface area contributed by atoms with Crippen LogP contribution in [0.5, 0.6) is 0 Å². The number of hydrogen-bond acceptors (Lipinski definition) is 2. The predicted molar refractivity (Wildman–Crippen MR) is 77.2 cm³/mol. The lowest BCUT2D eigenvalue weighted by Gasteiger charge is -2.13. The normalized spacial score (nSPS) is 10.8. The first-order valence-electron chi connectivity index (χ1n) is 5.73. The highest BCUT2D eigenvalue weighted by molar-refractivity contribution is 7.80. The van der Waals surface area contributed by atoms with E-state index < -0.39 is 0 Å².